The highest BCUT2D eigenvalue weighted by molar-refractivity contribution is 6.30. The van der Waals surface area contributed by atoms with Crippen LogP contribution in [0.4, 0.5) is 11.4 Å². The molecule has 0 heterocycles. The maximum atomic E-state index is 11.9. The van der Waals surface area contributed by atoms with Gasteiger partial charge >= 0.3 is 0 Å². The third kappa shape index (κ3) is 2.63. The lowest BCUT2D eigenvalue weighted by Gasteiger charge is -2.22. The number of amides is 1. The minimum absolute atomic E-state index is 0.101. The zero-order valence-corrected chi connectivity index (χ0v) is 10.3. The van der Waals surface area contributed by atoms with Gasteiger partial charge < -0.3 is 5.11 Å². The van der Waals surface area contributed by atoms with Crippen molar-refractivity contribution in [1.29, 1.82) is 0 Å². The van der Waals surface area contributed by atoms with Gasteiger partial charge in [-0.1, -0.05) is 18.2 Å². The monoisotopic (exact) mass is 261 g/mol. The number of anilines is 2. The molecule has 0 saturated carbocycles. The van der Waals surface area contributed by atoms with Gasteiger partial charge in [0.05, 0.1) is 0 Å². The van der Waals surface area contributed by atoms with Crippen LogP contribution in [0.25, 0.3) is 0 Å². The minimum atomic E-state index is -0.214. The average molecular weight is 262 g/mol. The summed E-state index contributed by atoms with van der Waals surface area (Å²) in [5.41, 5.74) is 1.42. The number of carbonyl (C=O) groups is 1. The molecule has 18 heavy (non-hydrogen) atoms. The van der Waals surface area contributed by atoms with E-state index in [2.05, 4.69) is 0 Å². The van der Waals surface area contributed by atoms with E-state index in [1.807, 2.05) is 30.3 Å². The topological polar surface area (TPSA) is 40.5 Å². The number of hydrogen-bond acceptors (Lipinski definition) is 2. The second-order valence-electron chi connectivity index (χ2n) is 3.71. The molecule has 0 spiro atoms. The van der Waals surface area contributed by atoms with Crippen molar-refractivity contribution >= 4 is 28.9 Å². The van der Waals surface area contributed by atoms with Gasteiger partial charge in [-0.15, -0.1) is 11.6 Å². The third-order valence-electron chi connectivity index (χ3n) is 2.49. The summed E-state index contributed by atoms with van der Waals surface area (Å²) in [6, 6.07) is 15.7. The smallest absolute Gasteiger partial charge is 0.246 e. The highest BCUT2D eigenvalue weighted by Gasteiger charge is 2.16. The van der Waals surface area contributed by atoms with Crippen LogP contribution in [0.15, 0.2) is 54.6 Å². The van der Waals surface area contributed by atoms with Crippen LogP contribution >= 0.6 is 11.6 Å². The van der Waals surface area contributed by atoms with Crippen molar-refractivity contribution in [2.45, 2.75) is 0 Å². The summed E-state index contributed by atoms with van der Waals surface area (Å²) < 4.78 is 0. The first kappa shape index (κ1) is 12.5. The summed E-state index contributed by atoms with van der Waals surface area (Å²) in [7, 11) is 0. The number of para-hydroxylation sites is 1. The molecule has 0 aliphatic carbocycles. The Labute approximate surface area is 110 Å². The maximum Gasteiger partial charge on any atom is 0.246 e. The Bertz CT molecular complexity index is 525. The minimum Gasteiger partial charge on any atom is -0.508 e. The highest BCUT2D eigenvalue weighted by Crippen LogP contribution is 2.27. The summed E-state index contributed by atoms with van der Waals surface area (Å²) in [4.78, 5) is 13.4. The molecule has 2 aromatic rings. The Morgan fingerprint density at radius 2 is 1.56 bits per heavy atom. The molecular weight excluding hydrogens is 250 g/mol. The van der Waals surface area contributed by atoms with Crippen molar-refractivity contribution in [2.75, 3.05) is 10.8 Å². The molecule has 3 nitrogen and oxygen atoms in total. The lowest BCUT2D eigenvalue weighted by molar-refractivity contribution is -0.115. The summed E-state index contributed by atoms with van der Waals surface area (Å²) >= 11 is 5.64. The summed E-state index contributed by atoms with van der Waals surface area (Å²) in [5, 5.41) is 9.28. The number of carbonyl (C=O) groups excluding carboxylic acids is 1. The van der Waals surface area contributed by atoms with Gasteiger partial charge in [-0.3, -0.25) is 9.69 Å². The predicted octanol–water partition coefficient (Wildman–Crippen LogP) is 3.30. The Hall–Kier alpha value is -2.00. The summed E-state index contributed by atoms with van der Waals surface area (Å²) in [5.74, 6) is -0.158. The second-order valence-corrected chi connectivity index (χ2v) is 3.98. The fourth-order valence-electron chi connectivity index (χ4n) is 1.68. The zero-order valence-electron chi connectivity index (χ0n) is 9.58. The summed E-state index contributed by atoms with van der Waals surface area (Å²) in [6.07, 6.45) is 0. The molecule has 2 rings (SSSR count). The lowest BCUT2D eigenvalue weighted by Crippen LogP contribution is -2.26. The van der Waals surface area contributed by atoms with Gasteiger partial charge in [-0.05, 0) is 36.4 Å². The predicted molar refractivity (Wildman–Crippen MR) is 72.4 cm³/mol. The van der Waals surface area contributed by atoms with E-state index in [-0.39, 0.29) is 17.5 Å². The van der Waals surface area contributed by atoms with Gasteiger partial charge in [0.2, 0.25) is 5.91 Å². The van der Waals surface area contributed by atoms with Crippen molar-refractivity contribution in [3.63, 3.8) is 0 Å². The van der Waals surface area contributed by atoms with Crippen molar-refractivity contribution in [2.24, 2.45) is 0 Å². The van der Waals surface area contributed by atoms with Crippen LogP contribution in [0.1, 0.15) is 0 Å². The summed E-state index contributed by atoms with van der Waals surface area (Å²) in [6.45, 7) is 0. The average Bonchev–Trinajstić information content (AvgIpc) is 2.42. The van der Waals surface area contributed by atoms with E-state index in [1.54, 1.807) is 12.1 Å². The van der Waals surface area contributed by atoms with Crippen molar-refractivity contribution in [3.05, 3.63) is 54.6 Å². The molecule has 0 atom stereocenters. The van der Waals surface area contributed by atoms with Crippen molar-refractivity contribution in [3.8, 4) is 5.75 Å². The van der Waals surface area contributed by atoms with Gasteiger partial charge in [0.1, 0.15) is 11.6 Å². The molecule has 0 aliphatic rings. The van der Waals surface area contributed by atoms with Gasteiger partial charge in [0.15, 0.2) is 0 Å². The van der Waals surface area contributed by atoms with Crippen LogP contribution in [-0.2, 0) is 4.79 Å². The quantitative estimate of drug-likeness (QED) is 0.862. The normalized spacial score (nSPS) is 10.1. The first-order valence-corrected chi connectivity index (χ1v) is 5.99. The standard InChI is InChI=1S/C14H12ClNO2/c15-10-14(18)16(11-4-2-1-3-5-11)12-6-8-13(17)9-7-12/h1-9,17H,10H2. The number of phenols is 1. The van der Waals surface area contributed by atoms with Crippen molar-refractivity contribution in [1.82, 2.24) is 0 Å². The first-order chi connectivity index (χ1) is 8.72. The third-order valence-corrected chi connectivity index (χ3v) is 2.71. The molecule has 0 aliphatic heterocycles. The van der Waals surface area contributed by atoms with E-state index in [0.717, 1.165) is 5.69 Å². The number of alkyl halides is 1. The van der Waals surface area contributed by atoms with E-state index < -0.39 is 0 Å². The van der Waals surface area contributed by atoms with Crippen LogP contribution in [0.2, 0.25) is 0 Å². The maximum absolute atomic E-state index is 11.9. The molecule has 0 saturated heterocycles. The van der Waals surface area contributed by atoms with Crippen LogP contribution in [-0.4, -0.2) is 16.9 Å². The van der Waals surface area contributed by atoms with Gasteiger partial charge in [0.25, 0.3) is 0 Å². The number of aromatic hydroxyl groups is 1. The number of phenolic OH excluding ortho intramolecular Hbond substituents is 1. The molecule has 0 fully saturated rings. The van der Waals surface area contributed by atoms with Crippen LogP contribution in [0.5, 0.6) is 5.75 Å². The lowest BCUT2D eigenvalue weighted by atomic mass is 10.2. The number of hydrogen-bond donors (Lipinski definition) is 1. The Morgan fingerprint density at radius 3 is 2.11 bits per heavy atom. The van der Waals surface area contributed by atoms with Gasteiger partial charge in [-0.25, -0.2) is 0 Å². The molecule has 1 amide bonds. The fraction of sp³-hybridized carbons (Fsp3) is 0.0714. The molecule has 0 radical (unpaired) electrons. The number of halogens is 1. The zero-order chi connectivity index (χ0) is 13.0. The van der Waals surface area contributed by atoms with Crippen LogP contribution < -0.4 is 4.90 Å². The van der Waals surface area contributed by atoms with E-state index >= 15 is 0 Å². The molecule has 2 aromatic carbocycles. The molecule has 0 aromatic heterocycles. The SMILES string of the molecule is O=C(CCl)N(c1ccccc1)c1ccc(O)cc1. The highest BCUT2D eigenvalue weighted by atomic mass is 35.5. The van der Waals surface area contributed by atoms with Crippen molar-refractivity contribution < 1.29 is 9.90 Å². The molecule has 92 valence electrons. The number of nitrogens with zero attached hydrogens (tertiary/aromatic N) is 1. The molecule has 0 bridgehead atoms. The fourth-order valence-corrected chi connectivity index (χ4v) is 1.80. The van der Waals surface area contributed by atoms with Crippen LogP contribution in [0, 0.1) is 0 Å². The number of benzene rings is 2. The Morgan fingerprint density at radius 1 is 1.00 bits per heavy atom. The van der Waals surface area contributed by atoms with E-state index in [1.165, 1.54) is 17.0 Å². The Balaban J connectivity index is 2.43. The molecule has 1 N–H and O–H groups in total. The van der Waals surface area contributed by atoms with Gasteiger partial charge in [-0.2, -0.15) is 0 Å². The van der Waals surface area contributed by atoms with Crippen LogP contribution in [0.3, 0.4) is 0 Å². The largest absolute Gasteiger partial charge is 0.508 e. The van der Waals surface area contributed by atoms with E-state index in [4.69, 9.17) is 11.6 Å². The molecule has 4 heteroatoms. The van der Waals surface area contributed by atoms with Gasteiger partial charge in [0, 0.05) is 11.4 Å². The second kappa shape index (κ2) is 5.56. The Kier molecular flexibility index (Phi) is 3.85. The van der Waals surface area contributed by atoms with E-state index in [9.17, 15) is 9.90 Å². The van der Waals surface area contributed by atoms with E-state index in [0.29, 0.717) is 5.69 Å². The first-order valence-electron chi connectivity index (χ1n) is 5.45. The molecule has 0 unspecified atom stereocenters. The molecular formula is C14H12ClNO2. The number of rotatable bonds is 3.